The normalized spacial score (nSPS) is 28.5. The van der Waals surface area contributed by atoms with Gasteiger partial charge in [0.1, 0.15) is 18.6 Å². The summed E-state index contributed by atoms with van der Waals surface area (Å²) in [5, 5.41) is 10.1. The Hall–Kier alpha value is -3.36. The molecule has 0 radical (unpaired) electrons. The molecule has 2 aliphatic heterocycles. The fourth-order valence-electron chi connectivity index (χ4n) is 7.37. The molecule has 4 aliphatic rings. The number of aromatic nitrogens is 2. The maximum absolute atomic E-state index is 17.0. The van der Waals surface area contributed by atoms with Crippen LogP contribution in [0, 0.1) is 11.3 Å². The van der Waals surface area contributed by atoms with Crippen molar-refractivity contribution in [2.45, 2.75) is 68.4 Å². The van der Waals surface area contributed by atoms with Crippen molar-refractivity contribution < 1.29 is 22.7 Å². The molecule has 228 valence electrons. The minimum absolute atomic E-state index is 0.00831. The lowest BCUT2D eigenvalue weighted by molar-refractivity contribution is -0.131. The zero-order chi connectivity index (χ0) is 30.5. The standard InChI is InChI=1S/C31H34ClF3N6O2/c1-18(33)29(42)41-15-14-40(16-19(41)8-12-36)28-21-7-11-31(10-6-20-22(31)4-3-5-23(20)32)27(35)26(21)37-30(38-28)43-17-25-24(34)9-13-39(25)2/h3-5,19,24-25,27H,1,6-11,13-17H2,2H3/t19-,24+,25+,27-,31+/m0/s1. The molecule has 1 spiro atoms. The maximum atomic E-state index is 17.0. The number of amides is 1. The number of ether oxygens (including phenoxy) is 1. The van der Waals surface area contributed by atoms with Crippen LogP contribution in [0.4, 0.5) is 19.0 Å². The van der Waals surface area contributed by atoms with E-state index in [-0.39, 0.29) is 44.4 Å². The summed E-state index contributed by atoms with van der Waals surface area (Å²) in [5.41, 5.74) is 1.97. The highest BCUT2D eigenvalue weighted by molar-refractivity contribution is 6.31. The predicted molar refractivity (Wildman–Crippen MR) is 155 cm³/mol. The van der Waals surface area contributed by atoms with Gasteiger partial charge < -0.3 is 14.5 Å². The Kier molecular flexibility index (Phi) is 8.03. The molecule has 8 nitrogen and oxygen atoms in total. The van der Waals surface area contributed by atoms with Gasteiger partial charge in [-0.3, -0.25) is 9.69 Å². The molecule has 1 aromatic carbocycles. The van der Waals surface area contributed by atoms with Crippen molar-refractivity contribution >= 4 is 23.3 Å². The molecule has 1 amide bonds. The van der Waals surface area contributed by atoms with Crippen LogP contribution in [0.3, 0.4) is 0 Å². The third kappa shape index (κ3) is 5.12. The summed E-state index contributed by atoms with van der Waals surface area (Å²) in [7, 11) is 1.83. The Morgan fingerprint density at radius 2 is 1.98 bits per heavy atom. The highest BCUT2D eigenvalue weighted by atomic mass is 35.5. The maximum Gasteiger partial charge on any atom is 0.318 e. The van der Waals surface area contributed by atoms with E-state index in [1.165, 1.54) is 4.90 Å². The summed E-state index contributed by atoms with van der Waals surface area (Å²) in [6, 6.07) is 6.58. The Balaban J connectivity index is 1.37. The number of alkyl halides is 2. The zero-order valence-electron chi connectivity index (χ0n) is 24.0. The number of likely N-dealkylation sites (tertiary alicyclic amines) is 1. The summed E-state index contributed by atoms with van der Waals surface area (Å²) >= 11 is 6.50. The second-order valence-corrected chi connectivity index (χ2v) is 12.4. The number of halogens is 4. The molecule has 2 fully saturated rings. The van der Waals surface area contributed by atoms with E-state index in [1.807, 2.05) is 35.0 Å². The first-order valence-corrected chi connectivity index (χ1v) is 15.1. The third-order valence-electron chi connectivity index (χ3n) is 9.75. The van der Waals surface area contributed by atoms with Crippen LogP contribution in [0.15, 0.2) is 30.6 Å². The predicted octanol–water partition coefficient (Wildman–Crippen LogP) is 4.81. The summed E-state index contributed by atoms with van der Waals surface area (Å²) < 4.78 is 51.3. The minimum atomic E-state index is -1.46. The number of carbonyl (C=O) groups is 1. The Morgan fingerprint density at radius 1 is 1.21 bits per heavy atom. The second kappa shape index (κ2) is 11.6. The molecule has 0 N–H and O–H groups in total. The average molecular weight is 615 g/mol. The average Bonchev–Trinajstić information content (AvgIpc) is 3.53. The molecule has 0 saturated carbocycles. The van der Waals surface area contributed by atoms with Crippen molar-refractivity contribution in [1.29, 1.82) is 5.26 Å². The number of rotatable bonds is 6. The first-order chi connectivity index (χ1) is 20.6. The number of anilines is 1. The summed E-state index contributed by atoms with van der Waals surface area (Å²) in [6.45, 7) is 4.35. The van der Waals surface area contributed by atoms with Crippen molar-refractivity contribution in [2.75, 3.05) is 44.7 Å². The molecule has 5 atom stereocenters. The second-order valence-electron chi connectivity index (χ2n) is 12.0. The van der Waals surface area contributed by atoms with Gasteiger partial charge in [0.05, 0.1) is 30.3 Å². The van der Waals surface area contributed by atoms with Crippen molar-refractivity contribution in [3.8, 4) is 12.1 Å². The molecule has 2 aliphatic carbocycles. The molecule has 43 heavy (non-hydrogen) atoms. The molecule has 12 heteroatoms. The molecular weight excluding hydrogens is 581 g/mol. The Bertz CT molecular complexity index is 1480. The molecule has 0 unspecified atom stereocenters. The van der Waals surface area contributed by atoms with Crippen LogP contribution in [0.1, 0.15) is 54.2 Å². The van der Waals surface area contributed by atoms with E-state index in [0.717, 1.165) is 11.1 Å². The van der Waals surface area contributed by atoms with Gasteiger partial charge in [0.15, 0.2) is 12.0 Å². The van der Waals surface area contributed by atoms with E-state index >= 15 is 4.39 Å². The van der Waals surface area contributed by atoms with Crippen molar-refractivity contribution in [1.82, 2.24) is 19.8 Å². The number of fused-ring (bicyclic) bond motifs is 3. The topological polar surface area (TPSA) is 85.6 Å². The Labute approximate surface area is 254 Å². The van der Waals surface area contributed by atoms with E-state index in [4.69, 9.17) is 21.3 Å². The van der Waals surface area contributed by atoms with Gasteiger partial charge in [-0.05, 0) is 56.3 Å². The van der Waals surface area contributed by atoms with Crippen LogP contribution in [0.5, 0.6) is 6.01 Å². The van der Waals surface area contributed by atoms with Crippen molar-refractivity contribution in [3.63, 3.8) is 0 Å². The lowest BCUT2D eigenvalue weighted by Crippen LogP contribution is -2.55. The van der Waals surface area contributed by atoms with Crippen LogP contribution in [0.2, 0.25) is 5.02 Å². The fraction of sp³-hybridized carbons (Fsp3) is 0.548. The number of likely N-dealkylation sites (N-methyl/N-ethyl adjacent to an activating group) is 1. The molecule has 2 aromatic rings. The summed E-state index contributed by atoms with van der Waals surface area (Å²) in [6.07, 6.45) is 0.163. The lowest BCUT2D eigenvalue weighted by Gasteiger charge is -2.43. The largest absolute Gasteiger partial charge is 0.462 e. The van der Waals surface area contributed by atoms with Gasteiger partial charge in [0.25, 0.3) is 5.91 Å². The summed E-state index contributed by atoms with van der Waals surface area (Å²) in [5.74, 6) is -1.47. The van der Waals surface area contributed by atoms with Gasteiger partial charge in [-0.2, -0.15) is 15.2 Å². The molecule has 0 bridgehead atoms. The molecule has 2 saturated heterocycles. The molecular formula is C31H34ClF3N6O2. The minimum Gasteiger partial charge on any atom is -0.462 e. The number of hydrogen-bond donors (Lipinski definition) is 0. The number of nitriles is 1. The quantitative estimate of drug-likeness (QED) is 0.432. The number of benzene rings is 1. The SMILES string of the molecule is C=C(F)C(=O)N1CCN(c2nc(OC[C@@H]3[C@H](F)CCN3C)nc3c2CC[C@@]2(CCc4c(Cl)cccc42)[C@H]3F)C[C@@H]1CC#N. The highest BCUT2D eigenvalue weighted by Gasteiger charge is 2.51. The fourth-order valence-corrected chi connectivity index (χ4v) is 7.64. The van der Waals surface area contributed by atoms with Gasteiger partial charge in [-0.1, -0.05) is 30.3 Å². The number of hydrogen-bond acceptors (Lipinski definition) is 7. The van der Waals surface area contributed by atoms with Gasteiger partial charge in [-0.25, -0.2) is 13.2 Å². The lowest BCUT2D eigenvalue weighted by atomic mass is 9.68. The van der Waals surface area contributed by atoms with Gasteiger partial charge in [0, 0.05) is 42.2 Å². The van der Waals surface area contributed by atoms with Gasteiger partial charge in [-0.15, -0.1) is 0 Å². The van der Waals surface area contributed by atoms with Crippen LogP contribution in [-0.2, 0) is 23.1 Å². The van der Waals surface area contributed by atoms with E-state index in [9.17, 15) is 18.8 Å². The number of carbonyl (C=O) groups excluding carboxylic acids is 1. The smallest absolute Gasteiger partial charge is 0.318 e. The first-order valence-electron chi connectivity index (χ1n) is 14.7. The van der Waals surface area contributed by atoms with Crippen LogP contribution < -0.4 is 9.64 Å². The number of nitrogens with zero attached hydrogens (tertiary/aromatic N) is 6. The zero-order valence-corrected chi connectivity index (χ0v) is 24.8. The van der Waals surface area contributed by atoms with E-state index in [0.29, 0.717) is 55.1 Å². The number of piperazine rings is 1. The Morgan fingerprint density at radius 3 is 2.67 bits per heavy atom. The molecule has 1 aromatic heterocycles. The monoisotopic (exact) mass is 614 g/mol. The van der Waals surface area contributed by atoms with Crippen molar-refractivity contribution in [3.05, 3.63) is 58.0 Å². The molecule has 3 heterocycles. The highest BCUT2D eigenvalue weighted by Crippen LogP contribution is 2.56. The van der Waals surface area contributed by atoms with E-state index in [1.54, 1.807) is 0 Å². The van der Waals surface area contributed by atoms with Gasteiger partial charge in [0.2, 0.25) is 0 Å². The van der Waals surface area contributed by atoms with Crippen LogP contribution in [0.25, 0.3) is 0 Å². The summed E-state index contributed by atoms with van der Waals surface area (Å²) in [4.78, 5) is 26.9. The van der Waals surface area contributed by atoms with Crippen molar-refractivity contribution in [2.24, 2.45) is 0 Å². The first kappa shape index (κ1) is 29.7. The third-order valence-corrected chi connectivity index (χ3v) is 10.1. The van der Waals surface area contributed by atoms with E-state index in [2.05, 4.69) is 17.6 Å². The molecule has 6 rings (SSSR count). The van der Waals surface area contributed by atoms with Crippen LogP contribution >= 0.6 is 11.6 Å². The van der Waals surface area contributed by atoms with Gasteiger partial charge >= 0.3 is 6.01 Å². The van der Waals surface area contributed by atoms with Crippen LogP contribution in [-0.4, -0.2) is 83.8 Å². The van der Waals surface area contributed by atoms with E-state index < -0.39 is 41.6 Å².